The minimum atomic E-state index is -0.525. The van der Waals surface area contributed by atoms with Crippen LogP contribution in [0.5, 0.6) is 0 Å². The predicted octanol–water partition coefficient (Wildman–Crippen LogP) is 0.604. The quantitative estimate of drug-likeness (QED) is 0.204. The Labute approximate surface area is 235 Å². The van der Waals surface area contributed by atoms with Gasteiger partial charge in [-0.25, -0.2) is 49.0 Å². The fraction of sp³-hybridized carbons (Fsp3) is 0.136. The van der Waals surface area contributed by atoms with Gasteiger partial charge in [0.15, 0.2) is 28.7 Å². The molecule has 0 aliphatic heterocycles. The summed E-state index contributed by atoms with van der Waals surface area (Å²) >= 11 is 5.43. The van der Waals surface area contributed by atoms with Gasteiger partial charge in [-0.3, -0.25) is 0 Å². The van der Waals surface area contributed by atoms with Crippen LogP contribution in [0.1, 0.15) is 31.5 Å². The molecule has 0 spiro atoms. The molecule has 0 aromatic carbocycles. The van der Waals surface area contributed by atoms with E-state index in [1.807, 2.05) is 0 Å². The third-order valence-electron chi connectivity index (χ3n) is 4.36. The third-order valence-corrected chi connectivity index (χ3v) is 4.56. The zero-order chi connectivity index (χ0) is 29.6. The zero-order valence-electron chi connectivity index (χ0n) is 21.5. The van der Waals surface area contributed by atoms with Crippen LogP contribution < -0.4 is 0 Å². The molecule has 0 bridgehead atoms. The molecule has 5 aromatic heterocycles. The second-order valence-electron chi connectivity index (χ2n) is 6.88. The molecule has 0 aliphatic carbocycles. The molecule has 5 heterocycles. The van der Waals surface area contributed by atoms with Crippen molar-refractivity contribution in [2.45, 2.75) is 0 Å². The summed E-state index contributed by atoms with van der Waals surface area (Å²) in [5, 5.41) is 15.3. The van der Waals surface area contributed by atoms with Crippen LogP contribution in [0.15, 0.2) is 62.0 Å². The Morgan fingerprint density at radius 2 is 1.12 bits per heavy atom. The van der Waals surface area contributed by atoms with Gasteiger partial charge in [0.1, 0.15) is 5.15 Å². The summed E-state index contributed by atoms with van der Waals surface area (Å²) in [6.45, 7) is 0. The van der Waals surface area contributed by atoms with Crippen molar-refractivity contribution in [1.82, 2.24) is 59.9 Å². The number of rotatable bonds is 5. The lowest BCUT2D eigenvalue weighted by atomic mass is 10.4. The van der Waals surface area contributed by atoms with Crippen molar-refractivity contribution in [1.29, 1.82) is 0 Å². The minimum absolute atomic E-state index is 0.147. The Kier molecular flexibility index (Phi) is 10.9. The van der Waals surface area contributed by atoms with Crippen molar-refractivity contribution >= 4 is 29.5 Å². The zero-order valence-corrected chi connectivity index (χ0v) is 22.2. The summed E-state index contributed by atoms with van der Waals surface area (Å²) in [5.41, 5.74) is 0.451. The highest BCUT2D eigenvalue weighted by Gasteiger charge is 2.09. The highest BCUT2D eigenvalue weighted by Crippen LogP contribution is 2.03. The number of halogens is 1. The first kappa shape index (κ1) is 29.8. The molecular weight excluding hydrogens is 564 g/mol. The van der Waals surface area contributed by atoms with Gasteiger partial charge in [-0.05, 0) is 0 Å². The van der Waals surface area contributed by atoms with Crippen LogP contribution in [0.25, 0.3) is 11.6 Å². The number of methoxy groups -OCH3 is 3. The molecule has 0 aliphatic rings. The maximum atomic E-state index is 11.1. The SMILES string of the molecule is COC(=O)c1cnc(-n2ccnn2)cn1.COC(=O)c1cnc(-n2nccn2)cn1.COC(=O)c1cnc(Cl)cn1. The van der Waals surface area contributed by atoms with E-state index >= 15 is 0 Å². The first-order valence-electron chi connectivity index (χ1n) is 11.0. The molecule has 0 amide bonds. The van der Waals surface area contributed by atoms with Crippen molar-refractivity contribution in [3.8, 4) is 11.6 Å². The summed E-state index contributed by atoms with van der Waals surface area (Å²) in [7, 11) is 3.85. The number of hydrogen-bond donors (Lipinski definition) is 0. The summed E-state index contributed by atoms with van der Waals surface area (Å²) in [6.07, 6.45) is 14.2. The normalized spacial score (nSPS) is 9.76. The highest BCUT2D eigenvalue weighted by atomic mass is 35.5. The van der Waals surface area contributed by atoms with E-state index in [0.717, 1.165) is 0 Å². The smallest absolute Gasteiger partial charge is 0.358 e. The van der Waals surface area contributed by atoms with Gasteiger partial charge in [-0.15, -0.1) is 9.90 Å². The molecule has 0 atom stereocenters. The number of aromatic nitrogens is 12. The summed E-state index contributed by atoms with van der Waals surface area (Å²) in [5.74, 6) is -0.642. The largest absolute Gasteiger partial charge is 0.464 e. The van der Waals surface area contributed by atoms with Gasteiger partial charge < -0.3 is 14.2 Å². The van der Waals surface area contributed by atoms with Crippen LogP contribution in [0, 0.1) is 0 Å². The van der Waals surface area contributed by atoms with Crippen LogP contribution in [-0.2, 0) is 14.2 Å². The molecule has 0 saturated carbocycles. The van der Waals surface area contributed by atoms with Gasteiger partial charge in [0.25, 0.3) is 0 Å². The average Bonchev–Trinajstić information content (AvgIpc) is 3.77. The molecule has 18 nitrogen and oxygen atoms in total. The first-order chi connectivity index (χ1) is 19.9. The van der Waals surface area contributed by atoms with Gasteiger partial charge in [0.2, 0.25) is 0 Å². The van der Waals surface area contributed by atoms with Crippen LogP contribution in [-0.4, -0.2) is 99.1 Å². The van der Waals surface area contributed by atoms with Gasteiger partial charge in [-0.1, -0.05) is 16.8 Å². The lowest BCUT2D eigenvalue weighted by Gasteiger charge is -1.99. The maximum Gasteiger partial charge on any atom is 0.358 e. The number of hydrogen-bond acceptors (Lipinski definition) is 16. The second-order valence-corrected chi connectivity index (χ2v) is 7.27. The number of nitrogens with zero attached hydrogens (tertiary/aromatic N) is 12. The maximum absolute atomic E-state index is 11.1. The van der Waals surface area contributed by atoms with E-state index in [2.05, 4.69) is 64.6 Å². The molecule has 5 aromatic rings. The Morgan fingerprint density at radius 1 is 0.634 bits per heavy atom. The standard InChI is InChI=1S/2C8H7N5O2.C6H5ClN2O2/c1-15-8(14)6-4-10-7(5-9-6)13-3-2-11-12-13;1-15-8(14)6-4-10-7(5-9-6)13-11-2-3-12-13;1-11-6(10)4-2-9-5(7)3-8-4/h2*2-5H,1H3;2-3H,1H3. The van der Waals surface area contributed by atoms with Crippen LogP contribution in [0.4, 0.5) is 0 Å². The fourth-order valence-electron chi connectivity index (χ4n) is 2.47. The fourth-order valence-corrected chi connectivity index (χ4v) is 2.57. The third kappa shape index (κ3) is 8.61. The molecule has 0 fully saturated rings. The molecule has 41 heavy (non-hydrogen) atoms. The van der Waals surface area contributed by atoms with Gasteiger partial charge >= 0.3 is 17.9 Å². The van der Waals surface area contributed by atoms with Crippen molar-refractivity contribution in [2.75, 3.05) is 21.3 Å². The van der Waals surface area contributed by atoms with Crippen molar-refractivity contribution < 1.29 is 28.6 Å². The Bertz CT molecular complexity index is 1440. The van der Waals surface area contributed by atoms with Gasteiger partial charge in [0.05, 0.1) is 83.3 Å². The molecule has 210 valence electrons. The number of esters is 3. The second kappa shape index (κ2) is 15.0. The lowest BCUT2D eigenvalue weighted by molar-refractivity contribution is 0.0584. The van der Waals surface area contributed by atoms with Gasteiger partial charge in [0, 0.05) is 0 Å². The molecule has 0 saturated heterocycles. The van der Waals surface area contributed by atoms with Crippen LogP contribution in [0.2, 0.25) is 5.15 Å². The Morgan fingerprint density at radius 3 is 1.51 bits per heavy atom. The number of carbonyl (C=O) groups is 3. The molecule has 0 N–H and O–H groups in total. The van der Waals surface area contributed by atoms with E-state index in [9.17, 15) is 14.4 Å². The lowest BCUT2D eigenvalue weighted by Crippen LogP contribution is -2.08. The summed E-state index contributed by atoms with van der Waals surface area (Å²) in [4.78, 5) is 57.2. The average molecular weight is 583 g/mol. The number of ether oxygens (including phenoxy) is 3. The topological polar surface area (TPSA) is 218 Å². The van der Waals surface area contributed by atoms with Crippen LogP contribution in [0.3, 0.4) is 0 Å². The Balaban J connectivity index is 0.000000172. The van der Waals surface area contributed by atoms with Crippen molar-refractivity contribution in [3.05, 3.63) is 84.2 Å². The molecule has 5 rings (SSSR count). The predicted molar refractivity (Wildman–Crippen MR) is 135 cm³/mol. The Hall–Kier alpha value is -5.78. The monoisotopic (exact) mass is 582 g/mol. The molecule has 0 radical (unpaired) electrons. The first-order valence-corrected chi connectivity index (χ1v) is 11.3. The molecule has 19 heteroatoms. The van der Waals surface area contributed by atoms with Crippen LogP contribution >= 0.6 is 11.6 Å². The van der Waals surface area contributed by atoms with E-state index in [0.29, 0.717) is 11.6 Å². The van der Waals surface area contributed by atoms with Gasteiger partial charge in [-0.2, -0.15) is 10.2 Å². The minimum Gasteiger partial charge on any atom is -0.464 e. The van der Waals surface area contributed by atoms with E-state index < -0.39 is 17.9 Å². The van der Waals surface area contributed by atoms with E-state index in [1.54, 1.807) is 6.20 Å². The highest BCUT2D eigenvalue weighted by molar-refractivity contribution is 6.29. The van der Waals surface area contributed by atoms with Crippen molar-refractivity contribution in [2.24, 2.45) is 0 Å². The van der Waals surface area contributed by atoms with E-state index in [4.69, 9.17) is 11.6 Å². The summed E-state index contributed by atoms with van der Waals surface area (Å²) < 4.78 is 14.8. The molecule has 0 unspecified atom stereocenters. The summed E-state index contributed by atoms with van der Waals surface area (Å²) in [6, 6.07) is 0. The number of carbonyl (C=O) groups excluding carboxylic acids is 3. The van der Waals surface area contributed by atoms with E-state index in [-0.39, 0.29) is 22.2 Å². The van der Waals surface area contributed by atoms with Crippen molar-refractivity contribution in [3.63, 3.8) is 0 Å². The van der Waals surface area contributed by atoms with E-state index in [1.165, 1.54) is 86.6 Å². The molecular formula is C22H19ClN12O6.